The molecule has 3 heterocycles. The lowest BCUT2D eigenvalue weighted by atomic mass is 10.3. The minimum Gasteiger partial charge on any atom is -0.488 e. The summed E-state index contributed by atoms with van der Waals surface area (Å²) in [4.78, 5) is 25.1. The number of nitrogens with zero attached hydrogens (tertiary/aromatic N) is 2. The minimum atomic E-state index is -0.462. The van der Waals surface area contributed by atoms with Crippen LogP contribution in [0.5, 0.6) is 17.2 Å². The lowest BCUT2D eigenvalue weighted by Crippen LogP contribution is -2.30. The number of benzene rings is 1. The van der Waals surface area contributed by atoms with Gasteiger partial charge in [-0.15, -0.1) is 0 Å². The molecule has 0 unspecified atom stereocenters. The maximum atomic E-state index is 11.7. The number of aromatic nitrogens is 3. The first-order chi connectivity index (χ1) is 13.6. The number of ether oxygens (including phenoxy) is 2. The van der Waals surface area contributed by atoms with Gasteiger partial charge in [0.05, 0.1) is 12.1 Å². The summed E-state index contributed by atoms with van der Waals surface area (Å²) in [5.41, 5.74) is 1.23. The molecule has 7 nitrogen and oxygen atoms in total. The van der Waals surface area contributed by atoms with Crippen molar-refractivity contribution in [1.82, 2.24) is 14.0 Å². The van der Waals surface area contributed by atoms with E-state index in [1.165, 1.54) is 16.8 Å². The summed E-state index contributed by atoms with van der Waals surface area (Å²) in [6, 6.07) is 14.6. The fourth-order valence-corrected chi connectivity index (χ4v) is 2.98. The van der Waals surface area contributed by atoms with Crippen LogP contribution in [0.25, 0.3) is 5.52 Å². The van der Waals surface area contributed by atoms with Gasteiger partial charge in [-0.25, -0.2) is 4.79 Å². The van der Waals surface area contributed by atoms with E-state index in [2.05, 4.69) is 11.1 Å². The topological polar surface area (TPSA) is 77.7 Å². The largest absolute Gasteiger partial charge is 0.488 e. The molecule has 4 rings (SSSR count). The van der Waals surface area contributed by atoms with Crippen molar-refractivity contribution in [3.8, 4) is 17.2 Å². The summed E-state index contributed by atoms with van der Waals surface area (Å²) in [6.45, 7) is 2.59. The Morgan fingerprint density at radius 2 is 1.75 bits per heavy atom. The highest BCUT2D eigenvalue weighted by Crippen LogP contribution is 2.33. The number of H-pyrrole nitrogens is 1. The SMILES string of the molecule is Cc1cc2c(Oc3ccccc3OCCn3ccc(=O)[nH]c3=O)cccn2c1. The first kappa shape index (κ1) is 17.7. The van der Waals surface area contributed by atoms with E-state index >= 15 is 0 Å². The molecule has 0 amide bonds. The van der Waals surface area contributed by atoms with Gasteiger partial charge in [-0.3, -0.25) is 14.3 Å². The molecule has 0 radical (unpaired) electrons. The van der Waals surface area contributed by atoms with Crippen molar-refractivity contribution in [3.63, 3.8) is 0 Å². The molecule has 0 aliphatic rings. The molecule has 3 aromatic heterocycles. The molecule has 0 spiro atoms. The van der Waals surface area contributed by atoms with Crippen LogP contribution >= 0.6 is 0 Å². The molecule has 0 fully saturated rings. The van der Waals surface area contributed by atoms with E-state index < -0.39 is 11.2 Å². The average molecular weight is 377 g/mol. The quantitative estimate of drug-likeness (QED) is 0.560. The first-order valence-corrected chi connectivity index (χ1v) is 8.87. The van der Waals surface area contributed by atoms with Gasteiger partial charge < -0.3 is 13.9 Å². The van der Waals surface area contributed by atoms with Crippen LogP contribution in [0.15, 0.2) is 76.7 Å². The van der Waals surface area contributed by atoms with Crippen LogP contribution in [-0.4, -0.2) is 20.6 Å². The van der Waals surface area contributed by atoms with Crippen LogP contribution in [-0.2, 0) is 6.54 Å². The van der Waals surface area contributed by atoms with Crippen molar-refractivity contribution < 1.29 is 9.47 Å². The van der Waals surface area contributed by atoms with Gasteiger partial charge >= 0.3 is 5.69 Å². The van der Waals surface area contributed by atoms with Gasteiger partial charge in [0.25, 0.3) is 5.56 Å². The number of aryl methyl sites for hydroxylation is 1. The van der Waals surface area contributed by atoms with Crippen LogP contribution in [0, 0.1) is 6.92 Å². The zero-order valence-electron chi connectivity index (χ0n) is 15.3. The molecule has 0 saturated carbocycles. The zero-order chi connectivity index (χ0) is 19.5. The molecule has 1 aromatic carbocycles. The molecule has 1 N–H and O–H groups in total. The van der Waals surface area contributed by atoms with Crippen LogP contribution in [0.3, 0.4) is 0 Å². The number of rotatable bonds is 6. The zero-order valence-corrected chi connectivity index (χ0v) is 15.3. The Morgan fingerprint density at radius 1 is 0.964 bits per heavy atom. The molecule has 0 bridgehead atoms. The van der Waals surface area contributed by atoms with Crippen molar-refractivity contribution in [2.24, 2.45) is 0 Å². The molecule has 0 aliphatic heterocycles. The van der Waals surface area contributed by atoms with Gasteiger partial charge in [0.2, 0.25) is 0 Å². The summed E-state index contributed by atoms with van der Waals surface area (Å²) in [5.74, 6) is 1.89. The third kappa shape index (κ3) is 3.68. The summed E-state index contributed by atoms with van der Waals surface area (Å²) in [5, 5.41) is 0. The Labute approximate surface area is 160 Å². The third-order valence-electron chi connectivity index (χ3n) is 4.29. The predicted molar refractivity (Wildman–Crippen MR) is 105 cm³/mol. The Morgan fingerprint density at radius 3 is 2.57 bits per heavy atom. The highest BCUT2D eigenvalue weighted by molar-refractivity contribution is 5.63. The van der Waals surface area contributed by atoms with Crippen LogP contribution < -0.4 is 20.7 Å². The normalized spacial score (nSPS) is 10.9. The van der Waals surface area contributed by atoms with Crippen LogP contribution in [0.4, 0.5) is 0 Å². The Hall–Kier alpha value is -3.74. The van der Waals surface area contributed by atoms with E-state index in [0.717, 1.165) is 16.8 Å². The summed E-state index contributed by atoms with van der Waals surface area (Å²) in [6.07, 6.45) is 5.45. The smallest absolute Gasteiger partial charge is 0.328 e. The minimum absolute atomic E-state index is 0.251. The molecule has 7 heteroatoms. The standard InChI is InChI=1S/C21H19N3O4/c1-15-13-16-17(7-4-9-24(16)14-15)28-19-6-3-2-5-18(19)27-12-11-23-10-8-20(25)22-21(23)26/h2-10,13-14H,11-12H2,1H3,(H,22,25,26). The monoisotopic (exact) mass is 377 g/mol. The summed E-state index contributed by atoms with van der Waals surface area (Å²) in [7, 11) is 0. The molecule has 142 valence electrons. The lowest BCUT2D eigenvalue weighted by molar-refractivity contribution is 0.283. The Bertz CT molecular complexity index is 1240. The van der Waals surface area contributed by atoms with E-state index in [1.54, 1.807) is 0 Å². The lowest BCUT2D eigenvalue weighted by Gasteiger charge is -2.13. The molecule has 0 saturated heterocycles. The van der Waals surface area contributed by atoms with Crippen LogP contribution in [0.2, 0.25) is 0 Å². The molecule has 0 atom stereocenters. The maximum Gasteiger partial charge on any atom is 0.328 e. The predicted octanol–water partition coefficient (Wildman–Crippen LogP) is 2.97. The molecular formula is C21H19N3O4. The Kier molecular flexibility index (Phi) is 4.72. The highest BCUT2D eigenvalue weighted by atomic mass is 16.5. The number of aromatic amines is 1. The summed E-state index contributed by atoms with van der Waals surface area (Å²) < 4.78 is 15.3. The number of pyridine rings is 1. The average Bonchev–Trinajstić information content (AvgIpc) is 3.06. The van der Waals surface area contributed by atoms with E-state index in [-0.39, 0.29) is 6.61 Å². The molecule has 4 aromatic rings. The second-order valence-corrected chi connectivity index (χ2v) is 6.38. The van der Waals surface area contributed by atoms with Crippen molar-refractivity contribution >= 4 is 5.52 Å². The fraction of sp³-hybridized carbons (Fsp3) is 0.143. The second kappa shape index (κ2) is 7.48. The van der Waals surface area contributed by atoms with Crippen molar-refractivity contribution in [1.29, 1.82) is 0 Å². The number of hydrogen-bond acceptors (Lipinski definition) is 4. The number of nitrogens with one attached hydrogen (secondary N) is 1. The van der Waals surface area contributed by atoms with E-state index in [0.29, 0.717) is 18.0 Å². The van der Waals surface area contributed by atoms with Gasteiger partial charge in [0, 0.05) is 24.7 Å². The molecule has 28 heavy (non-hydrogen) atoms. The van der Waals surface area contributed by atoms with Crippen molar-refractivity contribution in [3.05, 3.63) is 93.5 Å². The number of hydrogen-bond donors (Lipinski definition) is 1. The first-order valence-electron chi connectivity index (χ1n) is 8.87. The molecular weight excluding hydrogens is 358 g/mol. The van der Waals surface area contributed by atoms with Gasteiger partial charge in [-0.05, 0) is 42.8 Å². The molecule has 0 aliphatic carbocycles. The maximum absolute atomic E-state index is 11.7. The van der Waals surface area contributed by atoms with Gasteiger partial charge in [-0.1, -0.05) is 12.1 Å². The van der Waals surface area contributed by atoms with E-state index in [1.807, 2.05) is 60.1 Å². The highest BCUT2D eigenvalue weighted by Gasteiger charge is 2.09. The number of fused-ring (bicyclic) bond motifs is 1. The summed E-state index contributed by atoms with van der Waals surface area (Å²) >= 11 is 0. The second-order valence-electron chi connectivity index (χ2n) is 6.38. The third-order valence-corrected chi connectivity index (χ3v) is 4.29. The van der Waals surface area contributed by atoms with E-state index in [4.69, 9.17) is 9.47 Å². The van der Waals surface area contributed by atoms with Gasteiger partial charge in [0.1, 0.15) is 6.61 Å². The van der Waals surface area contributed by atoms with Gasteiger partial charge in [0.15, 0.2) is 17.2 Å². The van der Waals surface area contributed by atoms with Gasteiger partial charge in [-0.2, -0.15) is 0 Å². The van der Waals surface area contributed by atoms with Crippen molar-refractivity contribution in [2.45, 2.75) is 13.5 Å². The van der Waals surface area contributed by atoms with Crippen molar-refractivity contribution in [2.75, 3.05) is 6.61 Å². The van der Waals surface area contributed by atoms with E-state index in [9.17, 15) is 9.59 Å². The number of para-hydroxylation sites is 2. The van der Waals surface area contributed by atoms with Crippen LogP contribution in [0.1, 0.15) is 5.56 Å². The Balaban J connectivity index is 1.52. The fourth-order valence-electron chi connectivity index (χ4n) is 2.98.